The number of hydrogen-bond donors (Lipinski definition) is 6. The van der Waals surface area contributed by atoms with Gasteiger partial charge in [-0.25, -0.2) is 4.79 Å². The van der Waals surface area contributed by atoms with Crippen molar-refractivity contribution < 1.29 is 54.1 Å². The molecule has 44 heavy (non-hydrogen) atoms. The van der Waals surface area contributed by atoms with Crippen molar-refractivity contribution >= 4 is 5.97 Å². The third-order valence-corrected chi connectivity index (χ3v) is 11.9. The molecule has 0 unspecified atom stereocenters. The lowest BCUT2D eigenvalue weighted by atomic mass is 9.42. The molecule has 4 fully saturated rings. The molecule has 13 atom stereocenters. The highest BCUT2D eigenvalue weighted by Crippen LogP contribution is 2.71. The Morgan fingerprint density at radius 3 is 2.43 bits per heavy atom. The lowest BCUT2D eigenvalue weighted by Gasteiger charge is -2.66. The number of carbonyl (C=O) groups is 1. The summed E-state index contributed by atoms with van der Waals surface area (Å²) in [5.41, 5.74) is -3.41. The van der Waals surface area contributed by atoms with Gasteiger partial charge >= 0.3 is 11.6 Å². The summed E-state index contributed by atoms with van der Waals surface area (Å²) in [4.78, 5) is 24.0. The molecule has 5 aliphatic rings. The van der Waals surface area contributed by atoms with Crippen LogP contribution < -0.4 is 5.63 Å². The second-order valence-electron chi connectivity index (χ2n) is 14.0. The van der Waals surface area contributed by atoms with Gasteiger partial charge in [0.05, 0.1) is 24.6 Å². The quantitative estimate of drug-likeness (QED) is 0.199. The maximum atomic E-state index is 12.8. The van der Waals surface area contributed by atoms with Gasteiger partial charge in [0.1, 0.15) is 36.1 Å². The molecule has 1 aromatic heterocycles. The van der Waals surface area contributed by atoms with E-state index in [1.165, 1.54) is 19.3 Å². The average molecular weight is 621 g/mol. The lowest BCUT2D eigenvalue weighted by Crippen LogP contribution is -2.73. The minimum atomic E-state index is -1.60. The van der Waals surface area contributed by atoms with E-state index in [0.29, 0.717) is 38.5 Å². The number of hydrogen-bond acceptors (Lipinski definition) is 12. The number of fused-ring (bicyclic) bond motifs is 5. The van der Waals surface area contributed by atoms with Crippen molar-refractivity contribution in [2.24, 2.45) is 16.7 Å². The fraction of sp³-hybridized carbons (Fsp3) is 0.750. The summed E-state index contributed by atoms with van der Waals surface area (Å²) >= 11 is 0. The van der Waals surface area contributed by atoms with Crippen molar-refractivity contribution in [3.63, 3.8) is 0 Å². The molecule has 6 rings (SSSR count). The summed E-state index contributed by atoms with van der Waals surface area (Å²) in [6, 6.07) is 3.10. The van der Waals surface area contributed by atoms with Crippen LogP contribution in [0.25, 0.3) is 0 Å². The number of rotatable bonds is 5. The first kappa shape index (κ1) is 31.8. The van der Waals surface area contributed by atoms with Crippen LogP contribution in [0.15, 0.2) is 39.3 Å². The van der Waals surface area contributed by atoms with Crippen LogP contribution in [0.1, 0.15) is 77.2 Å². The first-order chi connectivity index (χ1) is 20.7. The van der Waals surface area contributed by atoms with Crippen LogP contribution >= 0.6 is 0 Å². The van der Waals surface area contributed by atoms with Gasteiger partial charge in [0.25, 0.3) is 0 Å². The molecular weight excluding hydrogens is 576 g/mol. The normalized spacial score (nSPS) is 48.5. The van der Waals surface area contributed by atoms with E-state index in [2.05, 4.69) is 0 Å². The fourth-order valence-electron chi connectivity index (χ4n) is 9.64. The van der Waals surface area contributed by atoms with Crippen molar-refractivity contribution in [3.8, 4) is 0 Å². The summed E-state index contributed by atoms with van der Waals surface area (Å²) < 4.78 is 22.6. The number of ether oxygens (including phenoxy) is 3. The van der Waals surface area contributed by atoms with Crippen molar-refractivity contribution in [3.05, 3.63) is 46.0 Å². The highest BCUT2D eigenvalue weighted by Gasteiger charge is 2.75. The molecule has 0 amide bonds. The van der Waals surface area contributed by atoms with Crippen molar-refractivity contribution in [1.82, 2.24) is 0 Å². The zero-order chi connectivity index (χ0) is 31.8. The number of aliphatic hydroxyl groups is 6. The van der Waals surface area contributed by atoms with E-state index in [0.717, 1.165) is 11.1 Å². The van der Waals surface area contributed by atoms with E-state index < -0.39 is 83.1 Å². The minimum absolute atomic E-state index is 0.0197. The molecule has 244 valence electrons. The Morgan fingerprint density at radius 1 is 1.02 bits per heavy atom. The summed E-state index contributed by atoms with van der Waals surface area (Å²) in [5, 5.41) is 65.9. The predicted octanol–water partition coefficient (Wildman–Crippen LogP) is 0.643. The van der Waals surface area contributed by atoms with Gasteiger partial charge in [-0.1, -0.05) is 19.9 Å². The van der Waals surface area contributed by atoms with Crippen molar-refractivity contribution in [2.45, 2.75) is 126 Å². The molecule has 1 aliphatic heterocycles. The molecule has 3 saturated carbocycles. The Balaban J connectivity index is 1.33. The maximum absolute atomic E-state index is 12.8. The molecule has 0 radical (unpaired) electrons. The third-order valence-electron chi connectivity index (χ3n) is 11.9. The van der Waals surface area contributed by atoms with Crippen LogP contribution in [0.4, 0.5) is 0 Å². The standard InChI is InChI=1S/C32H44O12/c1-16(34)42-21-13-31(39)23(8-10-30(3)19(7-11-32(30,31)40)17-4-5-24(35)41-15-17)29(2)9-6-18(12-20(21)29)43-28-27(38)26(37)25(36)22(14-33)44-28/h4-5,12,15,18-19,21-23,25-28,33,36-40H,6-11,13-14H2,1-3H3/t18-,19+,21+,22+,23+,25+,26-,27+,28+,29-,30+,31+,32+/m0/s1. The van der Waals surface area contributed by atoms with Crippen LogP contribution in [0.3, 0.4) is 0 Å². The highest BCUT2D eigenvalue weighted by molar-refractivity contribution is 5.66. The molecule has 2 heterocycles. The fourth-order valence-corrected chi connectivity index (χ4v) is 9.64. The number of aliphatic hydroxyl groups excluding tert-OH is 4. The summed E-state index contributed by atoms with van der Waals surface area (Å²) in [6.45, 7) is 4.74. The summed E-state index contributed by atoms with van der Waals surface area (Å²) in [6.07, 6.45) is -2.23. The van der Waals surface area contributed by atoms with Gasteiger partial charge in [-0.2, -0.15) is 0 Å². The lowest BCUT2D eigenvalue weighted by molar-refractivity contribution is -0.310. The SMILES string of the molecule is CC(=O)O[C@@H]1C[C@@]2(O)[C@H](CC[C@]3(C)[C@@H](c4ccc(=O)oc4)CC[C@]23O)[C@@]2(C)CC[C@H](O[C@@H]3O[C@H](CO)[C@@H](O)[C@H](O)[C@H]3O)C=C12. The van der Waals surface area contributed by atoms with Crippen LogP contribution in [-0.4, -0.2) is 97.3 Å². The summed E-state index contributed by atoms with van der Waals surface area (Å²) in [5.74, 6) is -1.06. The Kier molecular flexibility index (Phi) is 7.94. The topological polar surface area (TPSA) is 196 Å². The van der Waals surface area contributed by atoms with Gasteiger partial charge in [0.2, 0.25) is 0 Å². The van der Waals surface area contributed by atoms with Crippen molar-refractivity contribution in [1.29, 1.82) is 0 Å². The first-order valence-electron chi connectivity index (χ1n) is 15.6. The molecule has 0 spiro atoms. The van der Waals surface area contributed by atoms with Gasteiger partial charge in [0, 0.05) is 24.8 Å². The van der Waals surface area contributed by atoms with Crippen LogP contribution in [0, 0.1) is 16.7 Å². The molecule has 12 nitrogen and oxygen atoms in total. The van der Waals surface area contributed by atoms with E-state index >= 15 is 0 Å². The smallest absolute Gasteiger partial charge is 0.335 e. The van der Waals surface area contributed by atoms with Gasteiger partial charge in [-0.05, 0) is 73.0 Å². The van der Waals surface area contributed by atoms with E-state index in [-0.39, 0.29) is 18.3 Å². The number of esters is 1. The van der Waals surface area contributed by atoms with Gasteiger partial charge < -0.3 is 49.3 Å². The number of carbonyl (C=O) groups excluding carboxylic acids is 1. The average Bonchev–Trinajstić information content (AvgIpc) is 3.26. The van der Waals surface area contributed by atoms with Crippen LogP contribution in [-0.2, 0) is 19.0 Å². The summed E-state index contributed by atoms with van der Waals surface area (Å²) in [7, 11) is 0. The molecule has 1 saturated heterocycles. The Labute approximate surface area is 255 Å². The van der Waals surface area contributed by atoms with Crippen molar-refractivity contribution in [2.75, 3.05) is 6.61 Å². The zero-order valence-corrected chi connectivity index (χ0v) is 25.3. The Morgan fingerprint density at radius 2 is 1.77 bits per heavy atom. The zero-order valence-electron chi connectivity index (χ0n) is 25.3. The monoisotopic (exact) mass is 620 g/mol. The Bertz CT molecular complexity index is 1340. The molecule has 6 N–H and O–H groups in total. The molecule has 0 aromatic carbocycles. The molecule has 4 aliphatic carbocycles. The maximum Gasteiger partial charge on any atom is 0.335 e. The first-order valence-corrected chi connectivity index (χ1v) is 15.6. The van der Waals surface area contributed by atoms with E-state index in [4.69, 9.17) is 18.6 Å². The minimum Gasteiger partial charge on any atom is -0.458 e. The molecular formula is C32H44O12. The van der Waals surface area contributed by atoms with Gasteiger partial charge in [-0.3, -0.25) is 4.79 Å². The second kappa shape index (κ2) is 11.0. The highest BCUT2D eigenvalue weighted by atomic mass is 16.7. The van der Waals surface area contributed by atoms with Crippen LogP contribution in [0.5, 0.6) is 0 Å². The van der Waals surface area contributed by atoms with Gasteiger partial charge in [0.15, 0.2) is 6.29 Å². The van der Waals surface area contributed by atoms with E-state index in [9.17, 15) is 40.2 Å². The molecule has 0 bridgehead atoms. The van der Waals surface area contributed by atoms with Crippen LogP contribution in [0.2, 0.25) is 0 Å². The predicted molar refractivity (Wildman–Crippen MR) is 152 cm³/mol. The molecule has 12 heteroatoms. The van der Waals surface area contributed by atoms with E-state index in [1.54, 1.807) is 6.07 Å². The largest absolute Gasteiger partial charge is 0.458 e. The Hall–Kier alpha value is -2.16. The van der Waals surface area contributed by atoms with Gasteiger partial charge in [-0.15, -0.1) is 0 Å². The third kappa shape index (κ3) is 4.56. The molecule has 1 aromatic rings. The second-order valence-corrected chi connectivity index (χ2v) is 14.0. The van der Waals surface area contributed by atoms with E-state index in [1.807, 2.05) is 19.9 Å².